The summed E-state index contributed by atoms with van der Waals surface area (Å²) in [5.41, 5.74) is 3.13. The molecule has 0 spiro atoms. The number of carbonyl (C=O) groups excluding carboxylic acids is 1. The lowest BCUT2D eigenvalue weighted by atomic mass is 10.2. The first-order valence-corrected chi connectivity index (χ1v) is 8.34. The van der Waals surface area contributed by atoms with Gasteiger partial charge in [-0.05, 0) is 38.1 Å². The summed E-state index contributed by atoms with van der Waals surface area (Å²) < 4.78 is 5.25. The number of nitrogens with zero attached hydrogens (tertiary/aromatic N) is 7. The summed E-state index contributed by atoms with van der Waals surface area (Å²) in [4.78, 5) is 21.0. The molecule has 0 fully saturated rings. The van der Waals surface area contributed by atoms with Crippen molar-refractivity contribution in [3.63, 3.8) is 0 Å². The molecule has 0 radical (unpaired) electrons. The van der Waals surface area contributed by atoms with Crippen LogP contribution in [0.15, 0.2) is 49.3 Å². The van der Waals surface area contributed by atoms with Gasteiger partial charge >= 0.3 is 0 Å². The Kier molecular flexibility index (Phi) is 4.03. The first-order chi connectivity index (χ1) is 13.0. The molecule has 27 heavy (non-hydrogen) atoms. The van der Waals surface area contributed by atoms with E-state index in [1.54, 1.807) is 40.2 Å². The molecule has 9 heteroatoms. The van der Waals surface area contributed by atoms with Crippen molar-refractivity contribution in [3.05, 3.63) is 66.3 Å². The summed E-state index contributed by atoms with van der Waals surface area (Å²) in [7, 11) is 1.82. The minimum Gasteiger partial charge on any atom is -0.320 e. The van der Waals surface area contributed by atoms with Crippen molar-refractivity contribution >= 4 is 11.6 Å². The number of rotatable bonds is 4. The molecule has 0 aliphatic carbocycles. The molecule has 0 aliphatic heterocycles. The van der Waals surface area contributed by atoms with E-state index in [2.05, 4.69) is 25.5 Å². The third-order valence-corrected chi connectivity index (χ3v) is 4.29. The van der Waals surface area contributed by atoms with Crippen LogP contribution in [-0.4, -0.2) is 40.0 Å². The molecular weight excluding hydrogens is 344 g/mol. The molecule has 4 aromatic heterocycles. The fourth-order valence-electron chi connectivity index (χ4n) is 2.98. The predicted octanol–water partition coefficient (Wildman–Crippen LogP) is 2.06. The van der Waals surface area contributed by atoms with Gasteiger partial charge in [0.2, 0.25) is 0 Å². The zero-order valence-electron chi connectivity index (χ0n) is 15.2. The number of nitrogens with one attached hydrogen (secondary N) is 1. The molecule has 4 heterocycles. The van der Waals surface area contributed by atoms with Crippen molar-refractivity contribution in [1.29, 1.82) is 0 Å². The van der Waals surface area contributed by atoms with Gasteiger partial charge in [0.05, 0.1) is 18.1 Å². The Morgan fingerprint density at radius 1 is 1.04 bits per heavy atom. The summed E-state index contributed by atoms with van der Waals surface area (Å²) in [5, 5.41) is 11.2. The number of hydrogen-bond donors (Lipinski definition) is 1. The number of aromatic nitrogens is 7. The van der Waals surface area contributed by atoms with E-state index in [1.165, 1.54) is 6.33 Å². The van der Waals surface area contributed by atoms with Crippen molar-refractivity contribution in [1.82, 2.24) is 34.1 Å². The van der Waals surface area contributed by atoms with E-state index in [9.17, 15) is 4.79 Å². The van der Waals surface area contributed by atoms with Gasteiger partial charge in [0.25, 0.3) is 5.91 Å². The monoisotopic (exact) mass is 362 g/mol. The fraction of sp³-hybridized carbons (Fsp3) is 0.167. The number of aryl methyl sites for hydroxylation is 3. The SMILES string of the molecule is Cc1ccc(C)n1-c1c(C(=O)Nc2ccc(-n3cncn3)nc2)cnn1C. The molecule has 136 valence electrons. The number of amides is 1. The number of hydrogen-bond acceptors (Lipinski definition) is 5. The van der Waals surface area contributed by atoms with Crippen molar-refractivity contribution in [2.45, 2.75) is 13.8 Å². The minimum absolute atomic E-state index is 0.249. The van der Waals surface area contributed by atoms with Crippen LogP contribution in [0, 0.1) is 13.8 Å². The van der Waals surface area contributed by atoms with Gasteiger partial charge in [0.15, 0.2) is 5.82 Å². The predicted molar refractivity (Wildman–Crippen MR) is 99.1 cm³/mol. The van der Waals surface area contributed by atoms with Crippen molar-refractivity contribution in [3.8, 4) is 11.6 Å². The molecule has 4 aromatic rings. The molecule has 0 aromatic carbocycles. The molecule has 0 bridgehead atoms. The average molecular weight is 362 g/mol. The van der Waals surface area contributed by atoms with Crippen molar-refractivity contribution < 1.29 is 4.79 Å². The Balaban J connectivity index is 1.61. The molecule has 0 aliphatic rings. The highest BCUT2D eigenvalue weighted by molar-refractivity contribution is 6.06. The average Bonchev–Trinajstić information content (AvgIpc) is 3.38. The Labute approximate surface area is 155 Å². The maximum Gasteiger partial charge on any atom is 0.261 e. The van der Waals surface area contributed by atoms with Gasteiger partial charge in [-0.3, -0.25) is 9.48 Å². The quantitative estimate of drug-likeness (QED) is 0.599. The third-order valence-electron chi connectivity index (χ3n) is 4.29. The molecular formula is C18H18N8O. The lowest BCUT2D eigenvalue weighted by Gasteiger charge is -2.12. The zero-order valence-corrected chi connectivity index (χ0v) is 15.2. The van der Waals surface area contributed by atoms with Gasteiger partial charge in [-0.15, -0.1) is 0 Å². The highest BCUT2D eigenvalue weighted by Crippen LogP contribution is 2.21. The fourth-order valence-corrected chi connectivity index (χ4v) is 2.98. The Bertz CT molecular complexity index is 1070. The number of pyridine rings is 1. The summed E-state index contributed by atoms with van der Waals surface area (Å²) >= 11 is 0. The maximum atomic E-state index is 12.8. The molecule has 4 rings (SSSR count). The minimum atomic E-state index is -0.249. The molecule has 0 saturated carbocycles. The molecule has 9 nitrogen and oxygen atoms in total. The topological polar surface area (TPSA) is 95.5 Å². The van der Waals surface area contributed by atoms with E-state index in [4.69, 9.17) is 0 Å². The van der Waals surface area contributed by atoms with Crippen LogP contribution in [0.2, 0.25) is 0 Å². The van der Waals surface area contributed by atoms with Gasteiger partial charge in [0.1, 0.15) is 24.0 Å². The van der Waals surface area contributed by atoms with Crippen LogP contribution in [-0.2, 0) is 7.05 Å². The van der Waals surface area contributed by atoms with E-state index >= 15 is 0 Å². The van der Waals surface area contributed by atoms with E-state index in [-0.39, 0.29) is 5.91 Å². The van der Waals surface area contributed by atoms with Crippen LogP contribution in [0.3, 0.4) is 0 Å². The first-order valence-electron chi connectivity index (χ1n) is 8.34. The first kappa shape index (κ1) is 16.7. The molecule has 0 atom stereocenters. The lowest BCUT2D eigenvalue weighted by molar-refractivity contribution is 0.102. The van der Waals surface area contributed by atoms with E-state index in [0.29, 0.717) is 17.1 Å². The lowest BCUT2D eigenvalue weighted by Crippen LogP contribution is -2.16. The second-order valence-electron chi connectivity index (χ2n) is 6.16. The summed E-state index contributed by atoms with van der Waals surface area (Å²) in [6.07, 6.45) is 6.15. The van der Waals surface area contributed by atoms with Gasteiger partial charge in [0, 0.05) is 18.4 Å². The highest BCUT2D eigenvalue weighted by Gasteiger charge is 2.20. The summed E-state index contributed by atoms with van der Waals surface area (Å²) in [6.45, 7) is 3.99. The van der Waals surface area contributed by atoms with Crippen LogP contribution >= 0.6 is 0 Å². The Hall–Kier alpha value is -3.75. The molecule has 1 amide bonds. The van der Waals surface area contributed by atoms with Crippen molar-refractivity contribution in [2.75, 3.05) is 5.32 Å². The summed E-state index contributed by atoms with van der Waals surface area (Å²) in [5.74, 6) is 1.09. The van der Waals surface area contributed by atoms with Gasteiger partial charge < -0.3 is 9.88 Å². The van der Waals surface area contributed by atoms with E-state index in [1.807, 2.05) is 37.6 Å². The molecule has 0 unspecified atom stereocenters. The van der Waals surface area contributed by atoms with Crippen LogP contribution in [0.4, 0.5) is 5.69 Å². The van der Waals surface area contributed by atoms with Crippen LogP contribution in [0.5, 0.6) is 0 Å². The Morgan fingerprint density at radius 2 is 1.81 bits per heavy atom. The Morgan fingerprint density at radius 3 is 2.44 bits per heavy atom. The third kappa shape index (κ3) is 2.99. The van der Waals surface area contributed by atoms with E-state index < -0.39 is 0 Å². The zero-order chi connectivity index (χ0) is 19.0. The van der Waals surface area contributed by atoms with Crippen LogP contribution < -0.4 is 5.32 Å². The van der Waals surface area contributed by atoms with Crippen LogP contribution in [0.1, 0.15) is 21.7 Å². The number of carbonyl (C=O) groups is 1. The molecule has 0 saturated heterocycles. The molecule has 1 N–H and O–H groups in total. The number of anilines is 1. The van der Waals surface area contributed by atoms with Gasteiger partial charge in [-0.2, -0.15) is 10.2 Å². The van der Waals surface area contributed by atoms with Gasteiger partial charge in [-0.25, -0.2) is 14.6 Å². The standard InChI is InChI=1S/C18H18N8O/c1-12-4-5-13(2)26(12)18-15(9-21-24(18)3)17(27)23-14-6-7-16(20-8-14)25-11-19-10-22-25/h4-11H,1-3H3,(H,23,27). The second kappa shape index (κ2) is 6.52. The summed E-state index contributed by atoms with van der Waals surface area (Å²) in [6, 6.07) is 7.55. The maximum absolute atomic E-state index is 12.8. The van der Waals surface area contributed by atoms with E-state index in [0.717, 1.165) is 17.2 Å². The highest BCUT2D eigenvalue weighted by atomic mass is 16.1. The normalized spacial score (nSPS) is 10.9. The second-order valence-corrected chi connectivity index (χ2v) is 6.16. The largest absolute Gasteiger partial charge is 0.320 e. The van der Waals surface area contributed by atoms with Crippen molar-refractivity contribution in [2.24, 2.45) is 7.05 Å². The van der Waals surface area contributed by atoms with Gasteiger partial charge in [-0.1, -0.05) is 0 Å². The smallest absolute Gasteiger partial charge is 0.261 e. The van der Waals surface area contributed by atoms with Crippen LogP contribution in [0.25, 0.3) is 11.6 Å².